The van der Waals surface area contributed by atoms with E-state index in [4.69, 9.17) is 16.6 Å². The van der Waals surface area contributed by atoms with E-state index in [0.717, 1.165) is 33.4 Å². The van der Waals surface area contributed by atoms with Crippen LogP contribution < -0.4 is 0 Å². The molecule has 0 aromatic carbocycles. The number of hydrogen-bond acceptors (Lipinski definition) is 2. The van der Waals surface area contributed by atoms with Gasteiger partial charge in [0.05, 0.1) is 15.6 Å². The second kappa shape index (κ2) is 5.17. The van der Waals surface area contributed by atoms with Crippen molar-refractivity contribution in [1.29, 1.82) is 0 Å². The van der Waals surface area contributed by atoms with Gasteiger partial charge >= 0.3 is 0 Å². The number of nitrogens with zero attached hydrogens (tertiary/aromatic N) is 2. The van der Waals surface area contributed by atoms with Crippen LogP contribution in [-0.4, -0.2) is 15.0 Å². The maximum Gasteiger partial charge on any atom is 0.143 e. The lowest BCUT2D eigenvalue weighted by atomic mass is 10.1. The molecule has 2 rings (SSSR count). The predicted octanol–water partition coefficient (Wildman–Crippen LogP) is 4.70. The minimum Gasteiger partial charge on any atom is -0.329 e. The Kier molecular flexibility index (Phi) is 3.97. The van der Waals surface area contributed by atoms with Crippen molar-refractivity contribution >= 4 is 38.6 Å². The van der Waals surface area contributed by atoms with E-state index in [0.29, 0.717) is 17.0 Å². The summed E-state index contributed by atoms with van der Waals surface area (Å²) in [6.07, 6.45) is 0.879. The number of aromatic amines is 1. The maximum atomic E-state index is 6.12. The minimum atomic E-state index is 0.338. The maximum absolute atomic E-state index is 6.12. The average Bonchev–Trinajstić information content (AvgIpc) is 2.52. The molecule has 2 aromatic rings. The molecule has 0 aliphatic rings. The van der Waals surface area contributed by atoms with Crippen LogP contribution in [0.5, 0.6) is 0 Å². The Morgan fingerprint density at radius 2 is 1.89 bits per heavy atom. The third-order valence-electron chi connectivity index (χ3n) is 2.76. The van der Waals surface area contributed by atoms with Crippen molar-refractivity contribution in [3.05, 3.63) is 21.1 Å². The van der Waals surface area contributed by atoms with Gasteiger partial charge in [0.2, 0.25) is 0 Å². The molecule has 18 heavy (non-hydrogen) atoms. The van der Waals surface area contributed by atoms with Gasteiger partial charge in [-0.3, -0.25) is 0 Å². The number of rotatable bonds is 3. The topological polar surface area (TPSA) is 41.6 Å². The molecule has 0 saturated carbocycles. The van der Waals surface area contributed by atoms with Crippen LogP contribution >= 0.6 is 27.5 Å². The zero-order valence-corrected chi connectivity index (χ0v) is 13.4. The predicted molar refractivity (Wildman–Crippen MR) is 79.2 cm³/mol. The first-order chi connectivity index (χ1) is 8.40. The summed E-state index contributed by atoms with van der Waals surface area (Å²) in [4.78, 5) is 12.4. The highest BCUT2D eigenvalue weighted by atomic mass is 79.9. The van der Waals surface area contributed by atoms with Gasteiger partial charge in [-0.25, -0.2) is 9.97 Å². The Bertz CT molecular complexity index is 575. The lowest BCUT2D eigenvalue weighted by Gasteiger charge is -2.10. The molecule has 0 unspecified atom stereocenters. The Labute approximate surface area is 120 Å². The van der Waals surface area contributed by atoms with Crippen LogP contribution in [0.15, 0.2) is 4.47 Å². The van der Waals surface area contributed by atoms with Gasteiger partial charge < -0.3 is 4.98 Å². The molecule has 5 heteroatoms. The molecule has 0 amide bonds. The van der Waals surface area contributed by atoms with Crippen LogP contribution in [0.4, 0.5) is 0 Å². The summed E-state index contributed by atoms with van der Waals surface area (Å²) in [5.74, 6) is 1.76. The van der Waals surface area contributed by atoms with Crippen LogP contribution in [-0.2, 0) is 6.42 Å². The summed E-state index contributed by atoms with van der Waals surface area (Å²) < 4.78 is 0.860. The molecule has 2 heterocycles. The van der Waals surface area contributed by atoms with Gasteiger partial charge in [-0.2, -0.15) is 0 Å². The molecule has 0 saturated heterocycles. The van der Waals surface area contributed by atoms with Gasteiger partial charge in [-0.15, -0.1) is 0 Å². The van der Waals surface area contributed by atoms with Gasteiger partial charge in [0.25, 0.3) is 0 Å². The Morgan fingerprint density at radius 1 is 1.22 bits per heavy atom. The molecule has 3 nitrogen and oxygen atoms in total. The fourth-order valence-corrected chi connectivity index (χ4v) is 2.65. The van der Waals surface area contributed by atoms with Crippen LogP contribution in [0.3, 0.4) is 0 Å². The first-order valence-corrected chi connectivity index (χ1v) is 7.30. The number of aromatic nitrogens is 3. The van der Waals surface area contributed by atoms with Crippen LogP contribution in [0, 0.1) is 5.92 Å². The molecule has 1 N–H and O–H groups in total. The summed E-state index contributed by atoms with van der Waals surface area (Å²) in [6.45, 7) is 8.60. The summed E-state index contributed by atoms with van der Waals surface area (Å²) in [6, 6.07) is 0. The number of H-pyrrole nitrogens is 1. The number of fused-ring (bicyclic) bond motifs is 1. The zero-order valence-electron chi connectivity index (χ0n) is 11.0. The molecule has 2 aromatic heterocycles. The smallest absolute Gasteiger partial charge is 0.143 e. The third-order valence-corrected chi connectivity index (χ3v) is 4.07. The van der Waals surface area contributed by atoms with Crippen molar-refractivity contribution in [3.8, 4) is 0 Å². The summed E-state index contributed by atoms with van der Waals surface area (Å²) in [5.41, 5.74) is 1.87. The first kappa shape index (κ1) is 13.8. The highest BCUT2D eigenvalue weighted by molar-refractivity contribution is 9.10. The second-order valence-electron chi connectivity index (χ2n) is 5.25. The zero-order chi connectivity index (χ0) is 13.4. The molecule has 0 aliphatic carbocycles. The third kappa shape index (κ3) is 2.54. The van der Waals surface area contributed by atoms with Crippen molar-refractivity contribution in [2.75, 3.05) is 0 Å². The molecule has 0 spiro atoms. The van der Waals surface area contributed by atoms with E-state index in [-0.39, 0.29) is 0 Å². The fourth-order valence-electron chi connectivity index (χ4n) is 1.98. The van der Waals surface area contributed by atoms with Crippen LogP contribution in [0.1, 0.15) is 45.1 Å². The number of halogens is 2. The van der Waals surface area contributed by atoms with E-state index in [2.05, 4.69) is 53.6 Å². The van der Waals surface area contributed by atoms with Crippen molar-refractivity contribution in [2.45, 2.75) is 40.0 Å². The molecule has 0 fully saturated rings. The Balaban J connectivity index is 2.67. The quantitative estimate of drug-likeness (QED) is 0.886. The van der Waals surface area contributed by atoms with Gasteiger partial charge in [-0.1, -0.05) is 39.3 Å². The Hall–Kier alpha value is -0.610. The lowest BCUT2D eigenvalue weighted by molar-refractivity contribution is 0.617. The SMILES string of the molecule is CC(C)Cc1nc(C(C)C)c2c(Br)c(Cl)[nH]c2n1. The van der Waals surface area contributed by atoms with E-state index in [1.165, 1.54) is 0 Å². The normalized spacial score (nSPS) is 12.0. The molecule has 0 aliphatic heterocycles. The van der Waals surface area contributed by atoms with Gasteiger partial charge in [0, 0.05) is 6.42 Å². The first-order valence-electron chi connectivity index (χ1n) is 6.13. The minimum absolute atomic E-state index is 0.338. The average molecular weight is 331 g/mol. The standard InChI is InChI=1S/C13H17BrClN3/c1-6(2)5-8-16-11(7(3)4)9-10(14)12(15)18-13(9)17-8/h6-7H,5H2,1-4H3,(H,16,17,18). The summed E-state index contributed by atoms with van der Waals surface area (Å²) in [7, 11) is 0. The molecule has 0 bridgehead atoms. The number of nitrogens with one attached hydrogen (secondary N) is 1. The van der Waals surface area contributed by atoms with E-state index in [1.807, 2.05) is 0 Å². The van der Waals surface area contributed by atoms with E-state index < -0.39 is 0 Å². The Morgan fingerprint density at radius 3 is 2.44 bits per heavy atom. The summed E-state index contributed by atoms with van der Waals surface area (Å²) in [5, 5.41) is 1.59. The van der Waals surface area contributed by atoms with Gasteiger partial charge in [0.1, 0.15) is 16.6 Å². The van der Waals surface area contributed by atoms with E-state index in [1.54, 1.807) is 0 Å². The van der Waals surface area contributed by atoms with Crippen molar-refractivity contribution in [2.24, 2.45) is 5.92 Å². The molecule has 98 valence electrons. The molecular weight excluding hydrogens is 314 g/mol. The highest BCUT2D eigenvalue weighted by Gasteiger charge is 2.18. The van der Waals surface area contributed by atoms with Crippen LogP contribution in [0.2, 0.25) is 5.15 Å². The molecular formula is C13H17BrClN3. The largest absolute Gasteiger partial charge is 0.329 e. The summed E-state index contributed by atoms with van der Waals surface area (Å²) >= 11 is 9.62. The van der Waals surface area contributed by atoms with E-state index in [9.17, 15) is 0 Å². The second-order valence-corrected chi connectivity index (χ2v) is 6.43. The van der Waals surface area contributed by atoms with Crippen LogP contribution in [0.25, 0.3) is 11.0 Å². The van der Waals surface area contributed by atoms with Crippen molar-refractivity contribution in [1.82, 2.24) is 15.0 Å². The fraction of sp³-hybridized carbons (Fsp3) is 0.538. The van der Waals surface area contributed by atoms with Crippen molar-refractivity contribution in [3.63, 3.8) is 0 Å². The monoisotopic (exact) mass is 329 g/mol. The molecule has 0 atom stereocenters. The highest BCUT2D eigenvalue weighted by Crippen LogP contribution is 2.34. The van der Waals surface area contributed by atoms with Crippen molar-refractivity contribution < 1.29 is 0 Å². The number of hydrogen-bond donors (Lipinski definition) is 1. The van der Waals surface area contributed by atoms with Gasteiger partial charge in [-0.05, 0) is 27.8 Å². The van der Waals surface area contributed by atoms with Gasteiger partial charge in [0.15, 0.2) is 0 Å². The molecule has 0 radical (unpaired) electrons. The lowest BCUT2D eigenvalue weighted by Crippen LogP contribution is -2.05. The van der Waals surface area contributed by atoms with E-state index >= 15 is 0 Å².